The zero-order valence-electron chi connectivity index (χ0n) is 11.1. The zero-order chi connectivity index (χ0) is 12.7. The van der Waals surface area contributed by atoms with E-state index in [0.29, 0.717) is 19.1 Å². The summed E-state index contributed by atoms with van der Waals surface area (Å²) >= 11 is 0. The Kier molecular flexibility index (Phi) is 5.92. The third kappa shape index (κ3) is 5.04. The van der Waals surface area contributed by atoms with Crippen LogP contribution in [0.3, 0.4) is 0 Å². The third-order valence-electron chi connectivity index (χ3n) is 3.32. The molecule has 1 amide bonds. The van der Waals surface area contributed by atoms with E-state index in [2.05, 4.69) is 19.2 Å². The summed E-state index contributed by atoms with van der Waals surface area (Å²) < 4.78 is 5.43. The number of ether oxygens (including phenoxy) is 1. The minimum atomic E-state index is -0.613. The zero-order valence-corrected chi connectivity index (χ0v) is 11.1. The molecule has 100 valence electrons. The maximum atomic E-state index is 11.8. The Balaban J connectivity index is 2.04. The van der Waals surface area contributed by atoms with Crippen LogP contribution in [0, 0.1) is 5.92 Å². The molecule has 4 heteroatoms. The topological polar surface area (TPSA) is 64.3 Å². The fraction of sp³-hybridized carbons (Fsp3) is 0.923. The van der Waals surface area contributed by atoms with E-state index < -0.39 is 5.54 Å². The SMILES string of the molecule is CC(C)CCOCCNC(=O)C1(N)CCCC1. The smallest absolute Gasteiger partial charge is 0.240 e. The van der Waals surface area contributed by atoms with Gasteiger partial charge in [0.05, 0.1) is 12.1 Å². The highest BCUT2D eigenvalue weighted by atomic mass is 16.5. The Morgan fingerprint density at radius 3 is 2.59 bits per heavy atom. The lowest BCUT2D eigenvalue weighted by Gasteiger charge is -2.22. The van der Waals surface area contributed by atoms with Crippen molar-refractivity contribution in [2.45, 2.75) is 51.5 Å². The van der Waals surface area contributed by atoms with E-state index in [9.17, 15) is 4.79 Å². The van der Waals surface area contributed by atoms with Crippen molar-refractivity contribution in [2.24, 2.45) is 11.7 Å². The largest absolute Gasteiger partial charge is 0.380 e. The molecule has 0 atom stereocenters. The number of nitrogens with one attached hydrogen (secondary N) is 1. The Morgan fingerprint density at radius 2 is 2.00 bits per heavy atom. The molecule has 0 unspecified atom stereocenters. The average Bonchev–Trinajstić information content (AvgIpc) is 2.71. The van der Waals surface area contributed by atoms with Gasteiger partial charge in [-0.15, -0.1) is 0 Å². The first-order valence-electron chi connectivity index (χ1n) is 6.69. The van der Waals surface area contributed by atoms with Gasteiger partial charge in [-0.1, -0.05) is 26.7 Å². The second kappa shape index (κ2) is 6.97. The monoisotopic (exact) mass is 242 g/mol. The van der Waals surface area contributed by atoms with Gasteiger partial charge in [0.15, 0.2) is 0 Å². The fourth-order valence-corrected chi connectivity index (χ4v) is 2.07. The molecule has 1 fully saturated rings. The average molecular weight is 242 g/mol. The van der Waals surface area contributed by atoms with Gasteiger partial charge in [0.1, 0.15) is 0 Å². The molecule has 0 aliphatic heterocycles. The van der Waals surface area contributed by atoms with Crippen molar-refractivity contribution >= 4 is 5.91 Å². The highest BCUT2D eigenvalue weighted by Crippen LogP contribution is 2.26. The molecule has 3 N–H and O–H groups in total. The molecule has 0 heterocycles. The van der Waals surface area contributed by atoms with Crippen molar-refractivity contribution in [1.29, 1.82) is 0 Å². The molecule has 1 saturated carbocycles. The van der Waals surface area contributed by atoms with E-state index in [1.165, 1.54) is 0 Å². The van der Waals surface area contributed by atoms with Gasteiger partial charge >= 0.3 is 0 Å². The number of hydrogen-bond acceptors (Lipinski definition) is 3. The first-order chi connectivity index (χ1) is 8.04. The minimum absolute atomic E-state index is 0.0116. The molecular weight excluding hydrogens is 216 g/mol. The van der Waals surface area contributed by atoms with Crippen molar-refractivity contribution in [3.05, 3.63) is 0 Å². The van der Waals surface area contributed by atoms with Gasteiger partial charge in [0.25, 0.3) is 0 Å². The fourth-order valence-electron chi connectivity index (χ4n) is 2.07. The van der Waals surface area contributed by atoms with Gasteiger partial charge in [-0.05, 0) is 25.2 Å². The van der Waals surface area contributed by atoms with Crippen LogP contribution in [-0.2, 0) is 9.53 Å². The normalized spacial score (nSPS) is 18.6. The maximum absolute atomic E-state index is 11.8. The molecule has 0 aromatic rings. The lowest BCUT2D eigenvalue weighted by Crippen LogP contribution is -2.52. The molecule has 4 nitrogen and oxygen atoms in total. The molecule has 1 aliphatic rings. The lowest BCUT2D eigenvalue weighted by molar-refractivity contribution is -0.126. The maximum Gasteiger partial charge on any atom is 0.240 e. The van der Waals surface area contributed by atoms with E-state index in [-0.39, 0.29) is 5.91 Å². The molecule has 0 bridgehead atoms. The van der Waals surface area contributed by atoms with Crippen LogP contribution in [0.5, 0.6) is 0 Å². The van der Waals surface area contributed by atoms with Crippen LogP contribution in [0.15, 0.2) is 0 Å². The van der Waals surface area contributed by atoms with Gasteiger partial charge < -0.3 is 15.8 Å². The summed E-state index contributed by atoms with van der Waals surface area (Å²) in [5, 5.41) is 2.86. The van der Waals surface area contributed by atoms with Crippen LogP contribution in [-0.4, -0.2) is 31.2 Å². The third-order valence-corrected chi connectivity index (χ3v) is 3.32. The first-order valence-corrected chi connectivity index (χ1v) is 6.69. The minimum Gasteiger partial charge on any atom is -0.380 e. The molecule has 0 spiro atoms. The molecule has 17 heavy (non-hydrogen) atoms. The van der Waals surface area contributed by atoms with Crippen LogP contribution < -0.4 is 11.1 Å². The van der Waals surface area contributed by atoms with Gasteiger partial charge in [-0.3, -0.25) is 4.79 Å². The van der Waals surface area contributed by atoms with Gasteiger partial charge in [0.2, 0.25) is 5.91 Å². The van der Waals surface area contributed by atoms with Crippen molar-refractivity contribution in [1.82, 2.24) is 5.32 Å². The van der Waals surface area contributed by atoms with E-state index >= 15 is 0 Å². The summed E-state index contributed by atoms with van der Waals surface area (Å²) in [7, 11) is 0. The first kappa shape index (κ1) is 14.5. The second-order valence-electron chi connectivity index (χ2n) is 5.41. The number of hydrogen-bond donors (Lipinski definition) is 2. The van der Waals surface area contributed by atoms with Gasteiger partial charge in [-0.2, -0.15) is 0 Å². The summed E-state index contributed by atoms with van der Waals surface area (Å²) in [6, 6.07) is 0. The van der Waals surface area contributed by atoms with E-state index in [1.807, 2.05) is 0 Å². The molecule has 0 aromatic heterocycles. The van der Waals surface area contributed by atoms with Crippen LogP contribution in [0.4, 0.5) is 0 Å². The Bertz CT molecular complexity index is 236. The Morgan fingerprint density at radius 1 is 1.35 bits per heavy atom. The van der Waals surface area contributed by atoms with E-state index in [4.69, 9.17) is 10.5 Å². The predicted molar refractivity (Wildman–Crippen MR) is 68.7 cm³/mol. The number of carbonyl (C=O) groups excluding carboxylic acids is 1. The summed E-state index contributed by atoms with van der Waals surface area (Å²) in [5.74, 6) is 0.651. The van der Waals surface area contributed by atoms with E-state index in [1.54, 1.807) is 0 Å². The predicted octanol–water partition coefficient (Wildman–Crippen LogP) is 1.44. The Labute approximate surface area is 104 Å². The Hall–Kier alpha value is -0.610. The molecule has 0 aromatic carbocycles. The number of amides is 1. The van der Waals surface area contributed by atoms with Gasteiger partial charge in [0, 0.05) is 13.2 Å². The molecule has 1 rings (SSSR count). The standard InChI is InChI=1S/C13H26N2O2/c1-11(2)5-9-17-10-8-15-12(16)13(14)6-3-4-7-13/h11H,3-10,14H2,1-2H3,(H,15,16). The van der Waals surface area contributed by atoms with E-state index in [0.717, 1.165) is 38.7 Å². The molecule has 0 saturated heterocycles. The summed E-state index contributed by atoms with van der Waals surface area (Å²) in [6.45, 7) is 6.25. The van der Waals surface area contributed by atoms with Crippen LogP contribution in [0.25, 0.3) is 0 Å². The van der Waals surface area contributed by atoms with Gasteiger partial charge in [-0.25, -0.2) is 0 Å². The number of carbonyl (C=O) groups is 1. The molecular formula is C13H26N2O2. The molecule has 1 aliphatic carbocycles. The van der Waals surface area contributed by atoms with Crippen molar-refractivity contribution in [2.75, 3.05) is 19.8 Å². The molecule has 0 radical (unpaired) electrons. The quantitative estimate of drug-likeness (QED) is 0.664. The van der Waals surface area contributed by atoms with Crippen LogP contribution >= 0.6 is 0 Å². The van der Waals surface area contributed by atoms with Crippen LogP contribution in [0.1, 0.15) is 46.0 Å². The second-order valence-corrected chi connectivity index (χ2v) is 5.41. The summed E-state index contributed by atoms with van der Waals surface area (Å²) in [5.41, 5.74) is 5.42. The van der Waals surface area contributed by atoms with Crippen molar-refractivity contribution in [3.8, 4) is 0 Å². The number of nitrogens with two attached hydrogens (primary N) is 1. The highest BCUT2D eigenvalue weighted by molar-refractivity contribution is 5.86. The number of rotatable bonds is 7. The lowest BCUT2D eigenvalue weighted by atomic mass is 9.98. The van der Waals surface area contributed by atoms with Crippen LogP contribution in [0.2, 0.25) is 0 Å². The van der Waals surface area contributed by atoms with Crippen molar-refractivity contribution < 1.29 is 9.53 Å². The van der Waals surface area contributed by atoms with Crippen molar-refractivity contribution in [3.63, 3.8) is 0 Å². The summed E-state index contributed by atoms with van der Waals surface area (Å²) in [6.07, 6.45) is 4.82. The highest BCUT2D eigenvalue weighted by Gasteiger charge is 2.36. The summed E-state index contributed by atoms with van der Waals surface area (Å²) in [4.78, 5) is 11.8.